The number of methoxy groups -OCH3 is 3. The van der Waals surface area contributed by atoms with Gasteiger partial charge in [-0.3, -0.25) is 14.3 Å². The highest BCUT2D eigenvalue weighted by atomic mass is 32.2. The van der Waals surface area contributed by atoms with Crippen molar-refractivity contribution in [3.05, 3.63) is 66.5 Å². The fourth-order valence-corrected chi connectivity index (χ4v) is 4.40. The van der Waals surface area contributed by atoms with Crippen LogP contribution in [0.3, 0.4) is 0 Å². The summed E-state index contributed by atoms with van der Waals surface area (Å²) >= 11 is 1.24. The molecule has 1 amide bonds. The molecule has 1 N–H and O–H groups in total. The summed E-state index contributed by atoms with van der Waals surface area (Å²) in [5.41, 5.74) is 4.82. The molecule has 2 heterocycles. The highest BCUT2D eigenvalue weighted by Gasteiger charge is 2.18. The zero-order valence-electron chi connectivity index (χ0n) is 22.0. The van der Waals surface area contributed by atoms with Crippen LogP contribution in [0.4, 0.5) is 0 Å². The van der Waals surface area contributed by atoms with Crippen LogP contribution in [0.2, 0.25) is 0 Å². The standard InChI is InChI=1S/C27H28N6O5S/c1-5-38-21-10-8-20(9-11-21)33-26(19-7-6-12-28-16-19)31-32-27(33)39-17-24(34)30-29-15-18-13-22(35-2)25(37-4)23(14-18)36-3/h6-16H,5,17H2,1-4H3,(H,30,34)/b29-15+. The maximum Gasteiger partial charge on any atom is 0.250 e. The van der Waals surface area contributed by atoms with Gasteiger partial charge in [0, 0.05) is 29.2 Å². The van der Waals surface area contributed by atoms with Gasteiger partial charge in [0.1, 0.15) is 5.75 Å². The van der Waals surface area contributed by atoms with Crippen LogP contribution in [0.25, 0.3) is 17.1 Å². The molecule has 0 bridgehead atoms. The van der Waals surface area contributed by atoms with Crippen LogP contribution in [0.15, 0.2) is 71.2 Å². The summed E-state index contributed by atoms with van der Waals surface area (Å²) in [4.78, 5) is 16.8. The zero-order valence-corrected chi connectivity index (χ0v) is 22.8. The second-order valence-electron chi connectivity index (χ2n) is 7.85. The van der Waals surface area contributed by atoms with Gasteiger partial charge in [0.25, 0.3) is 5.91 Å². The Labute approximate surface area is 230 Å². The van der Waals surface area contributed by atoms with Crippen LogP contribution < -0.4 is 24.4 Å². The first-order chi connectivity index (χ1) is 19.1. The van der Waals surface area contributed by atoms with Crippen molar-refractivity contribution in [1.29, 1.82) is 0 Å². The minimum absolute atomic E-state index is 0.0643. The summed E-state index contributed by atoms with van der Waals surface area (Å²) in [5, 5.41) is 13.3. The van der Waals surface area contributed by atoms with Crippen molar-refractivity contribution in [2.75, 3.05) is 33.7 Å². The predicted octanol–water partition coefficient (Wildman–Crippen LogP) is 4.00. The smallest absolute Gasteiger partial charge is 0.250 e. The zero-order chi connectivity index (χ0) is 27.6. The summed E-state index contributed by atoms with van der Waals surface area (Å²) in [5.74, 6) is 2.56. The van der Waals surface area contributed by atoms with E-state index in [2.05, 4.69) is 25.7 Å². The van der Waals surface area contributed by atoms with Crippen molar-refractivity contribution in [2.24, 2.45) is 5.10 Å². The molecule has 12 heteroatoms. The lowest BCUT2D eigenvalue weighted by atomic mass is 10.2. The van der Waals surface area contributed by atoms with Gasteiger partial charge in [-0.25, -0.2) is 5.43 Å². The maximum absolute atomic E-state index is 12.6. The Hall–Kier alpha value is -4.58. The molecule has 11 nitrogen and oxygen atoms in total. The molecular formula is C27H28N6O5S. The lowest BCUT2D eigenvalue weighted by Gasteiger charge is -2.12. The normalized spacial score (nSPS) is 10.9. The Bertz CT molecular complexity index is 1400. The third-order valence-electron chi connectivity index (χ3n) is 5.38. The fourth-order valence-electron chi connectivity index (χ4n) is 3.65. The van der Waals surface area contributed by atoms with Crippen molar-refractivity contribution in [1.82, 2.24) is 25.2 Å². The molecule has 0 unspecified atom stereocenters. The number of thioether (sulfide) groups is 1. The van der Waals surface area contributed by atoms with E-state index in [-0.39, 0.29) is 11.7 Å². The monoisotopic (exact) mass is 548 g/mol. The van der Waals surface area contributed by atoms with Crippen LogP contribution in [-0.2, 0) is 4.79 Å². The van der Waals surface area contributed by atoms with Gasteiger partial charge in [-0.2, -0.15) is 5.10 Å². The van der Waals surface area contributed by atoms with Crippen molar-refractivity contribution in [2.45, 2.75) is 12.1 Å². The molecule has 2 aromatic carbocycles. The van der Waals surface area contributed by atoms with Crippen molar-refractivity contribution in [3.8, 4) is 40.1 Å². The number of rotatable bonds is 12. The van der Waals surface area contributed by atoms with Crippen LogP contribution in [-0.4, -0.2) is 65.6 Å². The third-order valence-corrected chi connectivity index (χ3v) is 6.31. The SMILES string of the molecule is CCOc1ccc(-n2c(SCC(=O)N/N=C/c3cc(OC)c(OC)c(OC)c3)nnc2-c2cccnc2)cc1. The molecule has 39 heavy (non-hydrogen) atoms. The maximum atomic E-state index is 12.6. The number of benzene rings is 2. The average Bonchev–Trinajstić information content (AvgIpc) is 3.40. The molecule has 2 aromatic heterocycles. The fraction of sp³-hybridized carbons (Fsp3) is 0.222. The molecular weight excluding hydrogens is 520 g/mol. The van der Waals surface area contributed by atoms with E-state index in [9.17, 15) is 4.79 Å². The first-order valence-corrected chi connectivity index (χ1v) is 12.9. The van der Waals surface area contributed by atoms with Crippen LogP contribution >= 0.6 is 11.8 Å². The lowest BCUT2D eigenvalue weighted by molar-refractivity contribution is -0.118. The largest absolute Gasteiger partial charge is 0.494 e. The Morgan fingerprint density at radius 2 is 1.79 bits per heavy atom. The molecule has 4 aromatic rings. The Morgan fingerprint density at radius 3 is 2.41 bits per heavy atom. The first-order valence-electron chi connectivity index (χ1n) is 11.9. The van der Waals surface area contributed by atoms with Crippen LogP contribution in [0.1, 0.15) is 12.5 Å². The quantitative estimate of drug-likeness (QED) is 0.159. The van der Waals surface area contributed by atoms with E-state index in [1.54, 1.807) is 24.5 Å². The van der Waals surface area contributed by atoms with Crippen molar-refractivity contribution >= 4 is 23.9 Å². The van der Waals surface area contributed by atoms with Gasteiger partial charge < -0.3 is 18.9 Å². The summed E-state index contributed by atoms with van der Waals surface area (Å²) in [6.45, 7) is 2.51. The molecule has 0 atom stereocenters. The third kappa shape index (κ3) is 6.65. The van der Waals surface area contributed by atoms with Gasteiger partial charge in [-0.05, 0) is 55.5 Å². The number of hydrazone groups is 1. The first kappa shape index (κ1) is 27.5. The molecule has 0 spiro atoms. The molecule has 0 aliphatic rings. The summed E-state index contributed by atoms with van der Waals surface area (Å²) < 4.78 is 23.5. The molecule has 0 aliphatic carbocycles. The minimum atomic E-state index is -0.312. The predicted molar refractivity (Wildman–Crippen MR) is 148 cm³/mol. The van der Waals surface area contributed by atoms with Gasteiger partial charge in [0.05, 0.1) is 39.9 Å². The van der Waals surface area contributed by atoms with Gasteiger partial charge in [0.15, 0.2) is 22.5 Å². The van der Waals surface area contributed by atoms with Gasteiger partial charge in [-0.1, -0.05) is 11.8 Å². The average molecular weight is 549 g/mol. The molecule has 4 rings (SSSR count). The number of carbonyl (C=O) groups is 1. The van der Waals surface area contributed by atoms with Crippen molar-refractivity contribution < 1.29 is 23.7 Å². The van der Waals surface area contributed by atoms with Gasteiger partial charge in [-0.15, -0.1) is 10.2 Å². The number of hydrogen-bond acceptors (Lipinski definition) is 10. The topological polar surface area (TPSA) is 122 Å². The Balaban J connectivity index is 1.49. The van der Waals surface area contributed by atoms with E-state index < -0.39 is 0 Å². The van der Waals surface area contributed by atoms with E-state index >= 15 is 0 Å². The van der Waals surface area contributed by atoms with E-state index in [0.29, 0.717) is 40.4 Å². The number of pyridine rings is 1. The van der Waals surface area contributed by atoms with Gasteiger partial charge in [0.2, 0.25) is 5.75 Å². The molecule has 202 valence electrons. The number of nitrogens with zero attached hydrogens (tertiary/aromatic N) is 5. The summed E-state index contributed by atoms with van der Waals surface area (Å²) in [6.07, 6.45) is 4.91. The number of amides is 1. The highest BCUT2D eigenvalue weighted by molar-refractivity contribution is 7.99. The number of carbonyl (C=O) groups excluding carboxylic acids is 1. The summed E-state index contributed by atoms with van der Waals surface area (Å²) in [7, 11) is 4.59. The Morgan fingerprint density at radius 1 is 1.05 bits per heavy atom. The number of hydrogen-bond donors (Lipinski definition) is 1. The molecule has 0 fully saturated rings. The Kier molecular flexibility index (Phi) is 9.35. The van der Waals surface area contributed by atoms with E-state index in [1.165, 1.54) is 39.3 Å². The van der Waals surface area contributed by atoms with Crippen molar-refractivity contribution in [3.63, 3.8) is 0 Å². The molecule has 0 saturated heterocycles. The van der Waals surface area contributed by atoms with E-state index in [0.717, 1.165) is 17.0 Å². The van der Waals surface area contributed by atoms with E-state index in [1.807, 2.05) is 47.9 Å². The lowest BCUT2D eigenvalue weighted by Crippen LogP contribution is -2.20. The van der Waals surface area contributed by atoms with Crippen LogP contribution in [0, 0.1) is 0 Å². The number of nitrogens with one attached hydrogen (secondary N) is 1. The molecule has 0 aliphatic heterocycles. The second-order valence-corrected chi connectivity index (χ2v) is 8.79. The summed E-state index contributed by atoms with van der Waals surface area (Å²) in [6, 6.07) is 14.8. The minimum Gasteiger partial charge on any atom is -0.494 e. The highest BCUT2D eigenvalue weighted by Crippen LogP contribution is 2.37. The molecule has 0 radical (unpaired) electrons. The van der Waals surface area contributed by atoms with Gasteiger partial charge >= 0.3 is 0 Å². The number of ether oxygens (including phenoxy) is 4. The van der Waals surface area contributed by atoms with E-state index in [4.69, 9.17) is 18.9 Å². The molecule has 0 saturated carbocycles. The second kappa shape index (κ2) is 13.3. The number of aromatic nitrogens is 4. The van der Waals surface area contributed by atoms with Crippen LogP contribution in [0.5, 0.6) is 23.0 Å².